The van der Waals surface area contributed by atoms with Gasteiger partial charge in [-0.1, -0.05) is 26.7 Å². The first kappa shape index (κ1) is 21.0. The largest absolute Gasteiger partial charge is 0.452 e. The van der Waals surface area contributed by atoms with E-state index < -0.39 is 5.97 Å². The Kier molecular flexibility index (Phi) is 6.35. The van der Waals surface area contributed by atoms with E-state index in [1.807, 2.05) is 6.92 Å². The van der Waals surface area contributed by atoms with E-state index in [1.165, 1.54) is 6.42 Å². The molecule has 0 spiro atoms. The van der Waals surface area contributed by atoms with E-state index in [0.717, 1.165) is 12.8 Å². The summed E-state index contributed by atoms with van der Waals surface area (Å²) in [6.45, 7) is 8.10. The van der Waals surface area contributed by atoms with Gasteiger partial charge in [-0.3, -0.25) is 9.59 Å². The van der Waals surface area contributed by atoms with Crippen LogP contribution in [0.4, 0.5) is 0 Å². The number of hydrogen-bond donors (Lipinski definition) is 1. The zero-order chi connectivity index (χ0) is 21.1. The molecular formula is C22H29N3O4. The Labute approximate surface area is 170 Å². The predicted octanol–water partition coefficient (Wildman–Crippen LogP) is 2.82. The SMILES string of the molecule is CCn1c(=O)c(C)nc2cc(C(=O)OCC(=O)N[C@@H]3CCC[C@@H](C)[C@@H]3C)ccc21. The molecule has 156 valence electrons. The number of benzene rings is 1. The summed E-state index contributed by atoms with van der Waals surface area (Å²) in [4.78, 5) is 41.1. The zero-order valence-corrected chi connectivity index (χ0v) is 17.5. The molecule has 7 nitrogen and oxygen atoms in total. The second kappa shape index (κ2) is 8.76. The van der Waals surface area contributed by atoms with Crippen LogP contribution in [0.2, 0.25) is 0 Å². The Bertz CT molecular complexity index is 982. The van der Waals surface area contributed by atoms with Gasteiger partial charge < -0.3 is 14.6 Å². The van der Waals surface area contributed by atoms with Crippen molar-refractivity contribution in [3.8, 4) is 0 Å². The summed E-state index contributed by atoms with van der Waals surface area (Å²) in [5, 5.41) is 3.00. The summed E-state index contributed by atoms with van der Waals surface area (Å²) >= 11 is 0. The average Bonchev–Trinajstić information content (AvgIpc) is 2.70. The lowest BCUT2D eigenvalue weighted by Crippen LogP contribution is -2.45. The van der Waals surface area contributed by atoms with Crippen molar-refractivity contribution in [2.75, 3.05) is 6.61 Å². The van der Waals surface area contributed by atoms with Crippen molar-refractivity contribution >= 4 is 22.9 Å². The van der Waals surface area contributed by atoms with E-state index in [9.17, 15) is 14.4 Å². The number of nitrogens with zero attached hydrogens (tertiary/aromatic N) is 2. The topological polar surface area (TPSA) is 90.3 Å². The number of amides is 1. The van der Waals surface area contributed by atoms with Gasteiger partial charge in [0, 0.05) is 12.6 Å². The highest BCUT2D eigenvalue weighted by atomic mass is 16.5. The lowest BCUT2D eigenvalue weighted by molar-refractivity contribution is -0.125. The van der Waals surface area contributed by atoms with Gasteiger partial charge in [0.05, 0.1) is 16.6 Å². The summed E-state index contributed by atoms with van der Waals surface area (Å²) < 4.78 is 6.82. The standard InChI is InChI=1S/C22H29N3O4/c1-5-25-19-10-9-16(11-18(19)23-15(4)21(25)27)22(28)29-12-20(26)24-17-8-6-7-13(2)14(17)3/h9-11,13-14,17H,5-8,12H2,1-4H3,(H,24,26)/t13-,14+,17-/m1/s1. The molecule has 7 heteroatoms. The summed E-state index contributed by atoms with van der Waals surface area (Å²) in [5.74, 6) is 0.125. The van der Waals surface area contributed by atoms with Gasteiger partial charge in [-0.05, 0) is 50.3 Å². The first-order chi connectivity index (χ1) is 13.8. The van der Waals surface area contributed by atoms with E-state index in [-0.39, 0.29) is 24.1 Å². The minimum atomic E-state index is -0.583. The molecule has 0 radical (unpaired) electrons. The molecule has 3 rings (SSSR count). The minimum Gasteiger partial charge on any atom is -0.452 e. The number of rotatable bonds is 5. The van der Waals surface area contributed by atoms with E-state index in [1.54, 1.807) is 29.7 Å². The Morgan fingerprint density at radius 1 is 1.28 bits per heavy atom. The lowest BCUT2D eigenvalue weighted by Gasteiger charge is -2.34. The second-order valence-corrected chi connectivity index (χ2v) is 7.97. The summed E-state index contributed by atoms with van der Waals surface area (Å²) in [6, 6.07) is 5.01. The maximum atomic E-state index is 12.4. The Morgan fingerprint density at radius 2 is 2.03 bits per heavy atom. The second-order valence-electron chi connectivity index (χ2n) is 7.97. The zero-order valence-electron chi connectivity index (χ0n) is 17.5. The number of aryl methyl sites for hydroxylation is 2. The molecule has 1 amide bonds. The molecule has 2 aromatic rings. The fourth-order valence-corrected chi connectivity index (χ4v) is 4.06. The van der Waals surface area contributed by atoms with Crippen LogP contribution >= 0.6 is 0 Å². The predicted molar refractivity (Wildman–Crippen MR) is 111 cm³/mol. The fourth-order valence-electron chi connectivity index (χ4n) is 4.06. The van der Waals surface area contributed by atoms with Gasteiger partial charge in [0.2, 0.25) is 0 Å². The van der Waals surface area contributed by atoms with E-state index in [0.29, 0.717) is 40.7 Å². The number of hydrogen-bond acceptors (Lipinski definition) is 5. The van der Waals surface area contributed by atoms with Gasteiger partial charge >= 0.3 is 5.97 Å². The van der Waals surface area contributed by atoms with E-state index in [2.05, 4.69) is 24.1 Å². The van der Waals surface area contributed by atoms with Crippen LogP contribution in [0.3, 0.4) is 0 Å². The number of nitrogens with one attached hydrogen (secondary N) is 1. The lowest BCUT2D eigenvalue weighted by atomic mass is 9.78. The van der Waals surface area contributed by atoms with Crippen molar-refractivity contribution in [3.63, 3.8) is 0 Å². The van der Waals surface area contributed by atoms with Crippen molar-refractivity contribution < 1.29 is 14.3 Å². The van der Waals surface area contributed by atoms with Gasteiger partial charge in [-0.25, -0.2) is 9.78 Å². The molecule has 1 aromatic heterocycles. The van der Waals surface area contributed by atoms with Gasteiger partial charge in [0.1, 0.15) is 5.69 Å². The Morgan fingerprint density at radius 3 is 2.76 bits per heavy atom. The third-order valence-corrected chi connectivity index (χ3v) is 6.05. The normalized spacial score (nSPS) is 21.7. The molecule has 29 heavy (non-hydrogen) atoms. The van der Waals surface area contributed by atoms with Gasteiger partial charge in [0.15, 0.2) is 6.61 Å². The molecule has 1 aliphatic rings. The van der Waals surface area contributed by atoms with E-state index >= 15 is 0 Å². The molecule has 1 aliphatic carbocycles. The molecule has 0 saturated heterocycles. The number of carbonyl (C=O) groups is 2. The number of aromatic nitrogens is 2. The average molecular weight is 399 g/mol. The highest BCUT2D eigenvalue weighted by Gasteiger charge is 2.28. The summed E-state index contributed by atoms with van der Waals surface area (Å²) in [5.41, 5.74) is 1.75. The maximum Gasteiger partial charge on any atom is 0.338 e. The molecule has 0 unspecified atom stereocenters. The maximum absolute atomic E-state index is 12.4. The number of carbonyl (C=O) groups excluding carboxylic acids is 2. The van der Waals surface area contributed by atoms with Crippen LogP contribution in [-0.2, 0) is 16.1 Å². The Balaban J connectivity index is 1.66. The first-order valence-corrected chi connectivity index (χ1v) is 10.3. The molecule has 0 bridgehead atoms. The van der Waals surface area contributed by atoms with Crippen molar-refractivity contribution in [2.24, 2.45) is 11.8 Å². The molecular weight excluding hydrogens is 370 g/mol. The van der Waals surface area contributed by atoms with Crippen LogP contribution in [0, 0.1) is 18.8 Å². The Hall–Kier alpha value is -2.70. The van der Waals surface area contributed by atoms with Crippen LogP contribution < -0.4 is 10.9 Å². The van der Waals surface area contributed by atoms with Crippen LogP contribution in [0.15, 0.2) is 23.0 Å². The molecule has 3 atom stereocenters. The van der Waals surface area contributed by atoms with Crippen LogP contribution in [0.25, 0.3) is 11.0 Å². The highest BCUT2D eigenvalue weighted by molar-refractivity contribution is 5.94. The summed E-state index contributed by atoms with van der Waals surface area (Å²) in [7, 11) is 0. The number of fused-ring (bicyclic) bond motifs is 1. The van der Waals surface area contributed by atoms with Crippen molar-refractivity contribution in [1.29, 1.82) is 0 Å². The van der Waals surface area contributed by atoms with Gasteiger partial charge in [0.25, 0.3) is 11.5 Å². The summed E-state index contributed by atoms with van der Waals surface area (Å²) in [6.07, 6.45) is 3.24. The smallest absolute Gasteiger partial charge is 0.338 e. The molecule has 1 aromatic carbocycles. The minimum absolute atomic E-state index is 0.128. The van der Waals surface area contributed by atoms with Gasteiger partial charge in [-0.2, -0.15) is 0 Å². The van der Waals surface area contributed by atoms with Crippen LogP contribution in [-0.4, -0.2) is 34.1 Å². The highest BCUT2D eigenvalue weighted by Crippen LogP contribution is 2.29. The monoisotopic (exact) mass is 399 g/mol. The van der Waals surface area contributed by atoms with Crippen LogP contribution in [0.5, 0.6) is 0 Å². The fraction of sp³-hybridized carbons (Fsp3) is 0.545. The number of ether oxygens (including phenoxy) is 1. The first-order valence-electron chi connectivity index (χ1n) is 10.3. The van der Waals surface area contributed by atoms with Crippen molar-refractivity contribution in [2.45, 2.75) is 59.5 Å². The molecule has 0 aliphatic heterocycles. The molecule has 1 saturated carbocycles. The third-order valence-electron chi connectivity index (χ3n) is 6.05. The van der Waals surface area contributed by atoms with Gasteiger partial charge in [-0.15, -0.1) is 0 Å². The molecule has 1 fully saturated rings. The van der Waals surface area contributed by atoms with E-state index in [4.69, 9.17) is 4.74 Å². The van der Waals surface area contributed by atoms with Crippen molar-refractivity contribution in [3.05, 3.63) is 39.8 Å². The quantitative estimate of drug-likeness (QED) is 0.781. The van der Waals surface area contributed by atoms with Crippen molar-refractivity contribution in [1.82, 2.24) is 14.9 Å². The number of esters is 1. The molecule has 1 N–H and O–H groups in total. The molecule has 1 heterocycles. The van der Waals surface area contributed by atoms with Crippen LogP contribution in [0.1, 0.15) is 56.1 Å². The third kappa shape index (κ3) is 4.49.